The standard InChI is InChI=1S/C25H31ClN6O3S/c26-17-3-5-19(6-4-17)30-10-12-31(13-11-30)25-28-20-8-15-36(34)22(20)23(29-25)27-18-7-9-32(16-18)24(33)21-2-1-14-35-21/h3-6,18,21H,1-2,7-16H2,(H,27,28,29)/t18?,21-,36-/m1/s1. The molecule has 1 aromatic carbocycles. The van der Waals surface area contributed by atoms with Crippen molar-refractivity contribution in [2.45, 2.75) is 42.7 Å². The molecule has 4 aliphatic heterocycles. The number of benzene rings is 1. The van der Waals surface area contributed by atoms with Crippen molar-refractivity contribution in [3.63, 3.8) is 0 Å². The minimum atomic E-state index is -1.10. The lowest BCUT2D eigenvalue weighted by molar-refractivity contribution is -0.139. The van der Waals surface area contributed by atoms with Gasteiger partial charge in [0.15, 0.2) is 0 Å². The van der Waals surface area contributed by atoms with Crippen LogP contribution in [0.2, 0.25) is 5.02 Å². The van der Waals surface area contributed by atoms with Crippen LogP contribution in [0.4, 0.5) is 17.5 Å². The molecule has 11 heteroatoms. The Morgan fingerprint density at radius 2 is 1.83 bits per heavy atom. The highest BCUT2D eigenvalue weighted by Crippen LogP contribution is 2.32. The quantitative estimate of drug-likeness (QED) is 0.630. The molecule has 0 saturated carbocycles. The Hall–Kier alpha value is -2.43. The lowest BCUT2D eigenvalue weighted by atomic mass is 10.2. The van der Waals surface area contributed by atoms with Crippen LogP contribution in [0.1, 0.15) is 25.0 Å². The molecule has 2 aromatic rings. The molecular weight excluding hydrogens is 500 g/mol. The van der Waals surface area contributed by atoms with Crippen LogP contribution in [-0.2, 0) is 26.8 Å². The molecule has 192 valence electrons. The van der Waals surface area contributed by atoms with Crippen LogP contribution >= 0.6 is 11.6 Å². The number of piperazine rings is 1. The first-order chi connectivity index (χ1) is 17.5. The average molecular weight is 531 g/mol. The SMILES string of the molecule is O=C([C@H]1CCCO1)N1CCC(Nc2nc(N3CCN(c4ccc(Cl)cc4)CC3)nc3c2[S@](=O)CC3)C1. The zero-order valence-electron chi connectivity index (χ0n) is 20.2. The van der Waals surface area contributed by atoms with Crippen molar-refractivity contribution in [2.24, 2.45) is 0 Å². The van der Waals surface area contributed by atoms with Gasteiger partial charge in [0.05, 0.1) is 16.5 Å². The largest absolute Gasteiger partial charge is 0.368 e. The van der Waals surface area contributed by atoms with Crippen LogP contribution in [0, 0.1) is 0 Å². The molecular formula is C25H31ClN6O3S. The van der Waals surface area contributed by atoms with Crippen molar-refractivity contribution in [3.05, 3.63) is 35.0 Å². The maximum absolute atomic E-state index is 12.8. The number of aryl methyl sites for hydroxylation is 1. The predicted molar refractivity (Wildman–Crippen MR) is 140 cm³/mol. The topological polar surface area (TPSA) is 90.9 Å². The van der Waals surface area contributed by atoms with Gasteiger partial charge in [0, 0.05) is 74.8 Å². The second-order valence-corrected chi connectivity index (χ2v) is 11.8. The molecule has 0 radical (unpaired) electrons. The van der Waals surface area contributed by atoms with E-state index >= 15 is 0 Å². The Balaban J connectivity index is 1.15. The van der Waals surface area contributed by atoms with E-state index in [0.717, 1.165) is 66.7 Å². The summed E-state index contributed by atoms with van der Waals surface area (Å²) in [6.45, 7) is 5.31. The number of rotatable bonds is 5. The monoisotopic (exact) mass is 530 g/mol. The molecule has 3 atom stereocenters. The highest BCUT2D eigenvalue weighted by molar-refractivity contribution is 7.85. The number of nitrogens with one attached hydrogen (secondary N) is 1. The first-order valence-electron chi connectivity index (χ1n) is 12.8. The summed E-state index contributed by atoms with van der Waals surface area (Å²) >= 11 is 6.04. The van der Waals surface area contributed by atoms with Gasteiger partial charge < -0.3 is 24.8 Å². The smallest absolute Gasteiger partial charge is 0.251 e. The molecule has 5 heterocycles. The van der Waals surface area contributed by atoms with Crippen LogP contribution in [0.15, 0.2) is 29.2 Å². The zero-order chi connectivity index (χ0) is 24.6. The van der Waals surface area contributed by atoms with E-state index in [-0.39, 0.29) is 18.1 Å². The maximum Gasteiger partial charge on any atom is 0.251 e. The van der Waals surface area contributed by atoms with Crippen molar-refractivity contribution >= 4 is 45.8 Å². The second-order valence-electron chi connectivity index (χ2n) is 9.81. The number of ether oxygens (including phenoxy) is 1. The molecule has 0 spiro atoms. The summed E-state index contributed by atoms with van der Waals surface area (Å²) in [5, 5.41) is 4.28. The molecule has 36 heavy (non-hydrogen) atoms. The highest BCUT2D eigenvalue weighted by Gasteiger charge is 2.35. The van der Waals surface area contributed by atoms with Crippen LogP contribution in [0.25, 0.3) is 0 Å². The average Bonchev–Trinajstić information content (AvgIpc) is 3.66. The molecule has 1 N–H and O–H groups in total. The number of halogens is 1. The Morgan fingerprint density at radius 3 is 2.58 bits per heavy atom. The summed E-state index contributed by atoms with van der Waals surface area (Å²) in [5.41, 5.74) is 2.04. The van der Waals surface area contributed by atoms with Crippen molar-refractivity contribution in [2.75, 3.05) is 66.7 Å². The van der Waals surface area contributed by atoms with E-state index in [0.29, 0.717) is 43.6 Å². The van der Waals surface area contributed by atoms with E-state index in [2.05, 4.69) is 27.2 Å². The van der Waals surface area contributed by atoms with Gasteiger partial charge in [-0.15, -0.1) is 0 Å². The Morgan fingerprint density at radius 1 is 1.06 bits per heavy atom. The first-order valence-corrected chi connectivity index (χ1v) is 14.5. The molecule has 1 aromatic heterocycles. The maximum atomic E-state index is 12.8. The summed E-state index contributed by atoms with van der Waals surface area (Å²) < 4.78 is 18.4. The van der Waals surface area contributed by atoms with Crippen LogP contribution in [0.3, 0.4) is 0 Å². The van der Waals surface area contributed by atoms with Gasteiger partial charge >= 0.3 is 0 Å². The fraction of sp³-hybridized carbons (Fsp3) is 0.560. The van der Waals surface area contributed by atoms with Gasteiger partial charge in [-0.2, -0.15) is 4.98 Å². The summed E-state index contributed by atoms with van der Waals surface area (Å²) in [5.74, 6) is 2.03. The molecule has 0 aliphatic carbocycles. The third kappa shape index (κ3) is 4.78. The Bertz CT molecular complexity index is 1150. The highest BCUT2D eigenvalue weighted by atomic mass is 35.5. The fourth-order valence-electron chi connectivity index (χ4n) is 5.49. The van der Waals surface area contributed by atoms with Crippen LogP contribution in [-0.4, -0.2) is 88.8 Å². The molecule has 3 saturated heterocycles. The van der Waals surface area contributed by atoms with Gasteiger partial charge in [-0.05, 0) is 43.5 Å². The minimum absolute atomic E-state index is 0.0709. The molecule has 4 aliphatic rings. The molecule has 0 bridgehead atoms. The number of amides is 1. The van der Waals surface area contributed by atoms with E-state index in [9.17, 15) is 9.00 Å². The van der Waals surface area contributed by atoms with Gasteiger partial charge in [0.25, 0.3) is 5.91 Å². The number of anilines is 3. The Labute approximate surface area is 218 Å². The van der Waals surface area contributed by atoms with Gasteiger partial charge in [0.2, 0.25) is 5.95 Å². The molecule has 1 amide bonds. The second kappa shape index (κ2) is 10.1. The number of hydrogen-bond donors (Lipinski definition) is 1. The van der Waals surface area contributed by atoms with Crippen molar-refractivity contribution in [1.29, 1.82) is 0 Å². The van der Waals surface area contributed by atoms with E-state index in [4.69, 9.17) is 26.3 Å². The van der Waals surface area contributed by atoms with Crippen molar-refractivity contribution < 1.29 is 13.7 Å². The van der Waals surface area contributed by atoms with Gasteiger partial charge in [-0.25, -0.2) is 4.98 Å². The third-order valence-electron chi connectivity index (χ3n) is 7.48. The van der Waals surface area contributed by atoms with E-state index in [1.54, 1.807) is 0 Å². The summed E-state index contributed by atoms with van der Waals surface area (Å²) in [6, 6.07) is 8.01. The van der Waals surface area contributed by atoms with Gasteiger partial charge in [-0.1, -0.05) is 11.6 Å². The van der Waals surface area contributed by atoms with E-state index in [1.165, 1.54) is 0 Å². The van der Waals surface area contributed by atoms with Crippen LogP contribution < -0.4 is 15.1 Å². The number of fused-ring (bicyclic) bond motifs is 1. The zero-order valence-corrected chi connectivity index (χ0v) is 21.8. The van der Waals surface area contributed by atoms with Crippen molar-refractivity contribution in [3.8, 4) is 0 Å². The van der Waals surface area contributed by atoms with E-state index < -0.39 is 10.8 Å². The molecule has 3 fully saturated rings. The normalized spacial score (nSPS) is 25.9. The fourth-order valence-corrected chi connectivity index (χ4v) is 6.93. The third-order valence-corrected chi connectivity index (χ3v) is 9.19. The number of hydrogen-bond acceptors (Lipinski definition) is 8. The molecule has 9 nitrogen and oxygen atoms in total. The van der Waals surface area contributed by atoms with Crippen LogP contribution in [0.5, 0.6) is 0 Å². The lowest BCUT2D eigenvalue weighted by Crippen LogP contribution is -2.47. The number of likely N-dealkylation sites (tertiary alicyclic amines) is 1. The minimum Gasteiger partial charge on any atom is -0.368 e. The number of nitrogens with zero attached hydrogens (tertiary/aromatic N) is 5. The summed E-state index contributed by atoms with van der Waals surface area (Å²) in [6.07, 6.45) is 2.99. The Kier molecular flexibility index (Phi) is 6.74. The number of carbonyl (C=O) groups is 1. The molecule has 1 unspecified atom stereocenters. The number of aromatic nitrogens is 2. The lowest BCUT2D eigenvalue weighted by Gasteiger charge is -2.36. The number of carbonyl (C=O) groups excluding carboxylic acids is 1. The summed E-state index contributed by atoms with van der Waals surface area (Å²) in [4.78, 5) is 29.7. The molecule has 6 rings (SSSR count). The van der Waals surface area contributed by atoms with Gasteiger partial charge in [-0.3, -0.25) is 9.00 Å². The van der Waals surface area contributed by atoms with Crippen molar-refractivity contribution in [1.82, 2.24) is 14.9 Å². The van der Waals surface area contributed by atoms with E-state index in [1.807, 2.05) is 17.0 Å². The first kappa shape index (κ1) is 23.9. The van der Waals surface area contributed by atoms with Gasteiger partial charge in [0.1, 0.15) is 16.8 Å². The predicted octanol–water partition coefficient (Wildman–Crippen LogP) is 2.31. The summed E-state index contributed by atoms with van der Waals surface area (Å²) in [7, 11) is -1.10.